The molecular formula is C33H44F2O3. The summed E-state index contributed by atoms with van der Waals surface area (Å²) in [5.41, 5.74) is 1.48. The van der Waals surface area contributed by atoms with Crippen LogP contribution in [0.1, 0.15) is 89.5 Å². The molecule has 0 amide bonds. The Balaban J connectivity index is 1.06. The number of rotatable bonds is 9. The fraction of sp³-hybridized carbons (Fsp3) is 0.636. The van der Waals surface area contributed by atoms with Crippen LogP contribution in [0.25, 0.3) is 0 Å². The highest BCUT2D eigenvalue weighted by atomic mass is 19.2. The van der Waals surface area contributed by atoms with E-state index in [1.54, 1.807) is 6.92 Å². The van der Waals surface area contributed by atoms with Crippen molar-refractivity contribution in [3.05, 3.63) is 53.6 Å². The molecular weight excluding hydrogens is 482 g/mol. The molecule has 4 unspecified atom stereocenters. The predicted octanol–water partition coefficient (Wildman–Crippen LogP) is 8.95. The minimum absolute atomic E-state index is 0.00220. The van der Waals surface area contributed by atoms with Gasteiger partial charge in [-0.1, -0.05) is 12.1 Å². The lowest BCUT2D eigenvalue weighted by atomic mass is 9.61. The first-order valence-corrected chi connectivity index (χ1v) is 15.0. The van der Waals surface area contributed by atoms with Gasteiger partial charge in [-0.2, -0.15) is 8.78 Å². The first kappa shape index (κ1) is 27.3. The molecule has 3 aliphatic rings. The lowest BCUT2D eigenvalue weighted by Crippen LogP contribution is -2.35. The Labute approximate surface area is 227 Å². The van der Waals surface area contributed by atoms with E-state index < -0.39 is 11.6 Å². The summed E-state index contributed by atoms with van der Waals surface area (Å²) in [5, 5.41) is 0. The lowest BCUT2D eigenvalue weighted by molar-refractivity contribution is 0.0508. The molecule has 0 saturated heterocycles. The van der Waals surface area contributed by atoms with E-state index in [4.69, 9.17) is 14.2 Å². The zero-order chi connectivity index (χ0) is 26.5. The third-order valence-electron chi connectivity index (χ3n) is 9.65. The second-order valence-electron chi connectivity index (χ2n) is 11.8. The van der Waals surface area contributed by atoms with Crippen LogP contribution in [0.4, 0.5) is 8.78 Å². The standard InChI is InChI=1S/C33H44F2O3/c1-3-36-29-15-13-24(14-16-29)23-7-9-25(10-8-23)27-12-11-26-19-22(5-6-28(26)20-27)21-38-31-18-17-30(37-4-2)32(34)33(31)35/h13-18,22-23,25-28H,3-12,19-21H2,1-2H3. The second-order valence-corrected chi connectivity index (χ2v) is 11.8. The Morgan fingerprint density at radius 2 is 1.16 bits per heavy atom. The minimum atomic E-state index is -0.958. The number of fused-ring (bicyclic) bond motifs is 1. The maximum atomic E-state index is 14.4. The monoisotopic (exact) mass is 526 g/mol. The van der Waals surface area contributed by atoms with Crippen LogP contribution < -0.4 is 14.2 Å². The molecule has 2 aromatic carbocycles. The van der Waals surface area contributed by atoms with Crippen molar-refractivity contribution < 1.29 is 23.0 Å². The van der Waals surface area contributed by atoms with Crippen molar-refractivity contribution in [2.75, 3.05) is 19.8 Å². The summed E-state index contributed by atoms with van der Waals surface area (Å²) in [5.74, 6) is 3.48. The molecule has 3 nitrogen and oxygen atoms in total. The smallest absolute Gasteiger partial charge is 0.204 e. The van der Waals surface area contributed by atoms with Crippen LogP contribution in [0.2, 0.25) is 0 Å². The number of hydrogen-bond acceptors (Lipinski definition) is 3. The highest BCUT2D eigenvalue weighted by Gasteiger charge is 2.39. The largest absolute Gasteiger partial charge is 0.494 e. The van der Waals surface area contributed by atoms with Gasteiger partial charge >= 0.3 is 0 Å². The van der Waals surface area contributed by atoms with Crippen molar-refractivity contribution >= 4 is 0 Å². The third kappa shape index (κ3) is 6.29. The Hall–Kier alpha value is -2.30. The molecule has 0 spiro atoms. The number of hydrogen-bond donors (Lipinski definition) is 0. The molecule has 38 heavy (non-hydrogen) atoms. The van der Waals surface area contributed by atoms with Crippen LogP contribution in [0.3, 0.4) is 0 Å². The van der Waals surface area contributed by atoms with Gasteiger partial charge in [0.15, 0.2) is 11.5 Å². The van der Waals surface area contributed by atoms with Gasteiger partial charge in [-0.3, -0.25) is 0 Å². The van der Waals surface area contributed by atoms with Crippen molar-refractivity contribution in [3.63, 3.8) is 0 Å². The van der Waals surface area contributed by atoms with Gasteiger partial charge in [-0.05, 0) is 143 Å². The molecule has 0 aromatic heterocycles. The average Bonchev–Trinajstić information content (AvgIpc) is 2.95. The number of benzene rings is 2. The highest BCUT2D eigenvalue weighted by Crippen LogP contribution is 2.50. The summed E-state index contributed by atoms with van der Waals surface area (Å²) < 4.78 is 45.1. The highest BCUT2D eigenvalue weighted by molar-refractivity contribution is 5.35. The SMILES string of the molecule is CCOc1ccc(C2CCC(C3CCC4CC(COc5ccc(OCC)c(F)c5F)CCC4C3)CC2)cc1. The Morgan fingerprint density at radius 1 is 0.605 bits per heavy atom. The number of ether oxygens (including phenoxy) is 3. The van der Waals surface area contributed by atoms with E-state index in [-0.39, 0.29) is 11.5 Å². The molecule has 3 saturated carbocycles. The van der Waals surface area contributed by atoms with Gasteiger partial charge in [0.2, 0.25) is 11.6 Å². The van der Waals surface area contributed by atoms with Gasteiger partial charge in [0.1, 0.15) is 5.75 Å². The summed E-state index contributed by atoms with van der Waals surface area (Å²) in [6.07, 6.45) is 12.9. The van der Waals surface area contributed by atoms with E-state index in [1.807, 2.05) is 6.92 Å². The van der Waals surface area contributed by atoms with E-state index in [0.717, 1.165) is 42.3 Å². The van der Waals surface area contributed by atoms with Gasteiger partial charge in [-0.15, -0.1) is 0 Å². The van der Waals surface area contributed by atoms with Crippen molar-refractivity contribution in [1.29, 1.82) is 0 Å². The molecule has 5 rings (SSSR count). The van der Waals surface area contributed by atoms with Gasteiger partial charge in [0.05, 0.1) is 19.8 Å². The maximum Gasteiger partial charge on any atom is 0.204 e. The summed E-state index contributed by atoms with van der Waals surface area (Å²) in [4.78, 5) is 0. The van der Waals surface area contributed by atoms with E-state index in [1.165, 1.54) is 69.1 Å². The van der Waals surface area contributed by atoms with E-state index >= 15 is 0 Å². The van der Waals surface area contributed by atoms with Gasteiger partial charge in [0.25, 0.3) is 0 Å². The first-order valence-electron chi connectivity index (χ1n) is 15.0. The minimum Gasteiger partial charge on any atom is -0.494 e. The normalized spacial score (nSPS) is 29.4. The van der Waals surface area contributed by atoms with Crippen LogP contribution in [-0.2, 0) is 0 Å². The Bertz CT molecular complexity index is 1030. The summed E-state index contributed by atoms with van der Waals surface area (Å²) in [6, 6.07) is 11.7. The van der Waals surface area contributed by atoms with E-state index in [0.29, 0.717) is 31.7 Å². The fourth-order valence-corrected chi connectivity index (χ4v) is 7.63. The fourth-order valence-electron chi connectivity index (χ4n) is 7.63. The van der Waals surface area contributed by atoms with E-state index in [2.05, 4.69) is 24.3 Å². The zero-order valence-corrected chi connectivity index (χ0v) is 23.1. The maximum absolute atomic E-state index is 14.4. The second kappa shape index (κ2) is 12.7. The summed E-state index contributed by atoms with van der Waals surface area (Å²) >= 11 is 0. The molecule has 0 radical (unpaired) electrons. The first-order chi connectivity index (χ1) is 18.6. The molecule has 3 fully saturated rings. The van der Waals surface area contributed by atoms with Gasteiger partial charge in [0, 0.05) is 0 Å². The predicted molar refractivity (Wildman–Crippen MR) is 147 cm³/mol. The van der Waals surface area contributed by atoms with Gasteiger partial charge < -0.3 is 14.2 Å². The molecule has 0 bridgehead atoms. The molecule has 3 aliphatic carbocycles. The summed E-state index contributed by atoms with van der Waals surface area (Å²) in [7, 11) is 0. The molecule has 2 aromatic rings. The molecule has 0 aliphatic heterocycles. The zero-order valence-electron chi connectivity index (χ0n) is 23.1. The topological polar surface area (TPSA) is 27.7 Å². The van der Waals surface area contributed by atoms with Crippen LogP contribution in [0, 0.1) is 41.2 Å². The average molecular weight is 527 g/mol. The molecule has 0 heterocycles. The molecule has 5 heteroatoms. The Morgan fingerprint density at radius 3 is 1.82 bits per heavy atom. The molecule has 208 valence electrons. The van der Waals surface area contributed by atoms with Crippen LogP contribution in [-0.4, -0.2) is 19.8 Å². The van der Waals surface area contributed by atoms with Crippen molar-refractivity contribution in [2.24, 2.45) is 29.6 Å². The molecule has 0 N–H and O–H groups in total. The van der Waals surface area contributed by atoms with Crippen molar-refractivity contribution in [3.8, 4) is 17.2 Å². The van der Waals surface area contributed by atoms with Crippen LogP contribution >= 0.6 is 0 Å². The van der Waals surface area contributed by atoms with Gasteiger partial charge in [-0.25, -0.2) is 0 Å². The van der Waals surface area contributed by atoms with E-state index in [9.17, 15) is 8.78 Å². The van der Waals surface area contributed by atoms with Crippen LogP contribution in [0.5, 0.6) is 17.2 Å². The molecule has 4 atom stereocenters. The van der Waals surface area contributed by atoms with Crippen molar-refractivity contribution in [1.82, 2.24) is 0 Å². The lowest BCUT2D eigenvalue weighted by Gasteiger charge is -2.45. The summed E-state index contributed by atoms with van der Waals surface area (Å²) in [6.45, 7) is 5.26. The Kier molecular flexibility index (Phi) is 9.12. The quantitative estimate of drug-likeness (QED) is 0.326. The third-order valence-corrected chi connectivity index (χ3v) is 9.65. The van der Waals surface area contributed by atoms with Crippen molar-refractivity contribution in [2.45, 2.75) is 84.0 Å². The number of halogens is 2. The van der Waals surface area contributed by atoms with Crippen LogP contribution in [0.15, 0.2) is 36.4 Å².